The zero-order chi connectivity index (χ0) is 11.7. The first-order chi connectivity index (χ1) is 7.56. The normalized spacial score (nSPS) is 18.8. The molecular formula is C11H10O5. The monoisotopic (exact) mass is 222 g/mol. The molecule has 1 atom stereocenters. The van der Waals surface area contributed by atoms with Crippen LogP contribution in [0.5, 0.6) is 11.5 Å². The Balaban J connectivity index is 2.25. The second kappa shape index (κ2) is 3.84. The van der Waals surface area contributed by atoms with Crippen LogP contribution in [0, 0.1) is 5.92 Å². The molecule has 0 spiro atoms. The molecule has 5 nitrogen and oxygen atoms in total. The third-order valence-corrected chi connectivity index (χ3v) is 2.48. The predicted octanol–water partition coefficient (Wildman–Crippen LogP) is 0.945. The summed E-state index contributed by atoms with van der Waals surface area (Å²) in [6.45, 7) is 0. The minimum Gasteiger partial charge on any atom is -0.508 e. The molecule has 5 heteroatoms. The number of fused-ring (bicyclic) bond motifs is 1. The first-order valence-electron chi connectivity index (χ1n) is 4.81. The van der Waals surface area contributed by atoms with E-state index in [0.29, 0.717) is 12.2 Å². The van der Waals surface area contributed by atoms with Gasteiger partial charge in [-0.05, 0) is 18.1 Å². The predicted molar refractivity (Wildman–Crippen MR) is 53.2 cm³/mol. The summed E-state index contributed by atoms with van der Waals surface area (Å²) >= 11 is 0. The van der Waals surface area contributed by atoms with E-state index in [0.717, 1.165) is 5.56 Å². The van der Waals surface area contributed by atoms with E-state index >= 15 is 0 Å². The van der Waals surface area contributed by atoms with Crippen LogP contribution in [-0.4, -0.2) is 22.2 Å². The van der Waals surface area contributed by atoms with Gasteiger partial charge in [-0.2, -0.15) is 0 Å². The quantitative estimate of drug-likeness (QED) is 0.574. The van der Waals surface area contributed by atoms with Gasteiger partial charge in [-0.1, -0.05) is 6.07 Å². The average Bonchev–Trinajstić information content (AvgIpc) is 2.19. The zero-order valence-corrected chi connectivity index (χ0v) is 8.34. The van der Waals surface area contributed by atoms with E-state index in [9.17, 15) is 14.7 Å². The van der Waals surface area contributed by atoms with E-state index in [1.165, 1.54) is 12.1 Å². The van der Waals surface area contributed by atoms with Crippen molar-refractivity contribution in [1.82, 2.24) is 0 Å². The van der Waals surface area contributed by atoms with Gasteiger partial charge in [0.25, 0.3) is 0 Å². The zero-order valence-electron chi connectivity index (χ0n) is 8.34. The lowest BCUT2D eigenvalue weighted by molar-refractivity contribution is -0.147. The van der Waals surface area contributed by atoms with Crippen molar-refractivity contribution in [2.75, 3.05) is 0 Å². The molecule has 1 aromatic carbocycles. The van der Waals surface area contributed by atoms with Crippen molar-refractivity contribution in [3.8, 4) is 11.5 Å². The Labute approximate surface area is 91.3 Å². The van der Waals surface area contributed by atoms with Gasteiger partial charge >= 0.3 is 11.9 Å². The number of phenolic OH excluding ortho intramolecular Hbond substituents is 1. The van der Waals surface area contributed by atoms with Crippen molar-refractivity contribution in [2.45, 2.75) is 12.8 Å². The fourth-order valence-corrected chi connectivity index (χ4v) is 1.71. The van der Waals surface area contributed by atoms with Crippen molar-refractivity contribution in [3.05, 3.63) is 23.8 Å². The van der Waals surface area contributed by atoms with Gasteiger partial charge in [-0.15, -0.1) is 0 Å². The summed E-state index contributed by atoms with van der Waals surface area (Å²) in [5.74, 6) is -1.89. The van der Waals surface area contributed by atoms with Crippen molar-refractivity contribution in [1.29, 1.82) is 0 Å². The molecule has 16 heavy (non-hydrogen) atoms. The second-order valence-corrected chi connectivity index (χ2v) is 3.71. The fourth-order valence-electron chi connectivity index (χ4n) is 1.71. The van der Waals surface area contributed by atoms with E-state index in [-0.39, 0.29) is 12.2 Å². The van der Waals surface area contributed by atoms with E-state index in [1.54, 1.807) is 6.07 Å². The molecule has 2 rings (SSSR count). The number of ether oxygens (including phenoxy) is 1. The number of aromatic hydroxyl groups is 1. The van der Waals surface area contributed by atoms with E-state index < -0.39 is 17.9 Å². The SMILES string of the molecule is O=C(O)C[C@H]1Cc2ccc(O)cc2OC1=O. The molecule has 0 saturated heterocycles. The molecule has 0 fully saturated rings. The van der Waals surface area contributed by atoms with Crippen LogP contribution in [0.1, 0.15) is 12.0 Å². The molecule has 0 bridgehead atoms. The smallest absolute Gasteiger partial charge is 0.315 e. The van der Waals surface area contributed by atoms with Gasteiger partial charge in [0.2, 0.25) is 0 Å². The van der Waals surface area contributed by atoms with Crippen LogP contribution in [0.2, 0.25) is 0 Å². The molecule has 0 unspecified atom stereocenters. The molecule has 0 aliphatic carbocycles. The molecular weight excluding hydrogens is 212 g/mol. The standard InChI is InChI=1S/C11H10O5/c12-8-2-1-6-3-7(4-10(13)14)11(15)16-9(6)5-8/h1-2,5,7,12H,3-4H2,(H,13,14)/t7-/m1/s1. The maximum Gasteiger partial charge on any atom is 0.315 e. The fraction of sp³-hybridized carbons (Fsp3) is 0.273. The topological polar surface area (TPSA) is 83.8 Å². The lowest BCUT2D eigenvalue weighted by Gasteiger charge is -2.22. The highest BCUT2D eigenvalue weighted by Crippen LogP contribution is 2.32. The molecule has 1 heterocycles. The first kappa shape index (κ1) is 10.5. The lowest BCUT2D eigenvalue weighted by atomic mass is 9.93. The van der Waals surface area contributed by atoms with Crippen LogP contribution in [-0.2, 0) is 16.0 Å². The van der Waals surface area contributed by atoms with Crippen LogP contribution >= 0.6 is 0 Å². The molecule has 84 valence electrons. The number of hydrogen-bond donors (Lipinski definition) is 2. The Morgan fingerprint density at radius 1 is 1.50 bits per heavy atom. The maximum atomic E-state index is 11.4. The number of esters is 1. The maximum absolute atomic E-state index is 11.4. The summed E-state index contributed by atoms with van der Waals surface area (Å²) in [6, 6.07) is 4.46. The molecule has 0 radical (unpaired) electrons. The highest BCUT2D eigenvalue weighted by Gasteiger charge is 2.30. The van der Waals surface area contributed by atoms with Gasteiger partial charge in [-0.3, -0.25) is 9.59 Å². The van der Waals surface area contributed by atoms with Gasteiger partial charge < -0.3 is 14.9 Å². The number of hydrogen-bond acceptors (Lipinski definition) is 4. The van der Waals surface area contributed by atoms with Gasteiger partial charge in [0, 0.05) is 6.07 Å². The summed E-state index contributed by atoms with van der Waals surface area (Å²) in [6.07, 6.45) is 0.0971. The first-order valence-corrected chi connectivity index (χ1v) is 4.81. The number of carboxylic acid groups (broad SMARTS) is 1. The molecule has 0 saturated carbocycles. The molecule has 2 N–H and O–H groups in total. The van der Waals surface area contributed by atoms with Crippen molar-refractivity contribution >= 4 is 11.9 Å². The third-order valence-electron chi connectivity index (χ3n) is 2.48. The van der Waals surface area contributed by atoms with Gasteiger partial charge in [0.1, 0.15) is 11.5 Å². The van der Waals surface area contributed by atoms with Crippen molar-refractivity contribution < 1.29 is 24.5 Å². The number of carbonyl (C=O) groups is 2. The van der Waals surface area contributed by atoms with E-state index in [1.807, 2.05) is 0 Å². The van der Waals surface area contributed by atoms with Gasteiger partial charge in [-0.25, -0.2) is 0 Å². The number of rotatable bonds is 2. The lowest BCUT2D eigenvalue weighted by Crippen LogP contribution is -2.29. The summed E-state index contributed by atoms with van der Waals surface area (Å²) in [5.41, 5.74) is 0.739. The van der Waals surface area contributed by atoms with E-state index in [2.05, 4.69) is 0 Å². The second-order valence-electron chi connectivity index (χ2n) is 3.71. The summed E-state index contributed by atoms with van der Waals surface area (Å²) in [7, 11) is 0. The van der Waals surface area contributed by atoms with Crippen LogP contribution in [0.15, 0.2) is 18.2 Å². The van der Waals surface area contributed by atoms with Gasteiger partial charge in [0.05, 0.1) is 12.3 Å². The largest absolute Gasteiger partial charge is 0.508 e. The Bertz CT molecular complexity index is 452. The third kappa shape index (κ3) is 1.98. The summed E-state index contributed by atoms with van der Waals surface area (Å²) in [5, 5.41) is 17.8. The molecule has 1 aromatic rings. The van der Waals surface area contributed by atoms with Crippen LogP contribution in [0.4, 0.5) is 0 Å². The highest BCUT2D eigenvalue weighted by molar-refractivity contribution is 5.82. The molecule has 0 amide bonds. The summed E-state index contributed by atoms with van der Waals surface area (Å²) < 4.78 is 4.96. The van der Waals surface area contributed by atoms with Crippen LogP contribution < -0.4 is 4.74 Å². The van der Waals surface area contributed by atoms with Crippen molar-refractivity contribution in [2.24, 2.45) is 5.92 Å². The Hall–Kier alpha value is -2.04. The van der Waals surface area contributed by atoms with Crippen LogP contribution in [0.25, 0.3) is 0 Å². The van der Waals surface area contributed by atoms with Gasteiger partial charge in [0.15, 0.2) is 0 Å². The molecule has 1 aliphatic heterocycles. The highest BCUT2D eigenvalue weighted by atomic mass is 16.5. The molecule has 1 aliphatic rings. The number of benzene rings is 1. The number of aliphatic carboxylic acids is 1. The summed E-state index contributed by atoms with van der Waals surface area (Å²) in [4.78, 5) is 22.0. The Morgan fingerprint density at radius 3 is 2.94 bits per heavy atom. The minimum atomic E-state index is -1.02. The van der Waals surface area contributed by atoms with E-state index in [4.69, 9.17) is 9.84 Å². The average molecular weight is 222 g/mol. The Morgan fingerprint density at radius 2 is 2.25 bits per heavy atom. The van der Waals surface area contributed by atoms with Crippen LogP contribution in [0.3, 0.4) is 0 Å². The Kier molecular flexibility index (Phi) is 2.52. The minimum absolute atomic E-state index is 0.0169. The number of carbonyl (C=O) groups excluding carboxylic acids is 1. The molecule has 0 aromatic heterocycles. The van der Waals surface area contributed by atoms with Crippen molar-refractivity contribution in [3.63, 3.8) is 0 Å². The number of phenols is 1. The number of carboxylic acids is 1.